The van der Waals surface area contributed by atoms with Crippen molar-refractivity contribution in [3.63, 3.8) is 0 Å². The fraction of sp³-hybridized carbons (Fsp3) is 0.167. The van der Waals surface area contributed by atoms with E-state index >= 15 is 0 Å². The van der Waals surface area contributed by atoms with Gasteiger partial charge in [-0.2, -0.15) is 0 Å². The molecule has 17 heavy (non-hydrogen) atoms. The van der Waals surface area contributed by atoms with E-state index in [2.05, 4.69) is 4.98 Å². The van der Waals surface area contributed by atoms with E-state index in [-0.39, 0.29) is 6.54 Å². The lowest BCUT2D eigenvalue weighted by Gasteiger charge is -2.21. The highest BCUT2D eigenvalue weighted by Crippen LogP contribution is 2.30. The first-order valence-electron chi connectivity index (χ1n) is 5.22. The Bertz CT molecular complexity index is 567. The summed E-state index contributed by atoms with van der Waals surface area (Å²) in [6.07, 6.45) is 1.59. The molecule has 0 spiro atoms. The van der Waals surface area contributed by atoms with E-state index in [1.54, 1.807) is 18.1 Å². The highest BCUT2D eigenvalue weighted by molar-refractivity contribution is 5.98. The van der Waals surface area contributed by atoms with E-state index in [1.165, 1.54) is 0 Å². The molecule has 0 saturated carbocycles. The number of amides is 1. The van der Waals surface area contributed by atoms with E-state index < -0.39 is 5.91 Å². The Kier molecular flexibility index (Phi) is 2.82. The van der Waals surface area contributed by atoms with Gasteiger partial charge in [-0.25, -0.2) is 0 Å². The Morgan fingerprint density at radius 1 is 1.41 bits per heavy atom. The third-order valence-corrected chi connectivity index (χ3v) is 2.55. The van der Waals surface area contributed by atoms with E-state index in [0.29, 0.717) is 5.69 Å². The predicted molar refractivity (Wildman–Crippen MR) is 68.6 cm³/mol. The van der Waals surface area contributed by atoms with Crippen LogP contribution in [0.25, 0.3) is 10.9 Å². The number of likely N-dealkylation sites (N-methyl/N-ethyl adjacent to an activating group) is 1. The Morgan fingerprint density at radius 2 is 2.12 bits per heavy atom. The van der Waals surface area contributed by atoms with Crippen LogP contribution < -0.4 is 16.4 Å². The van der Waals surface area contributed by atoms with Crippen LogP contribution in [0.3, 0.4) is 0 Å². The molecule has 88 valence electrons. The van der Waals surface area contributed by atoms with Crippen LogP contribution in [0.15, 0.2) is 30.5 Å². The monoisotopic (exact) mass is 230 g/mol. The molecule has 4 N–H and O–H groups in total. The minimum absolute atomic E-state index is 0.123. The normalized spacial score (nSPS) is 10.4. The number of nitrogens with two attached hydrogens (primary N) is 2. The third-order valence-electron chi connectivity index (χ3n) is 2.55. The molecular formula is C12H14N4O. The van der Waals surface area contributed by atoms with Crippen LogP contribution in [0.1, 0.15) is 0 Å². The van der Waals surface area contributed by atoms with Crippen molar-refractivity contribution in [2.45, 2.75) is 0 Å². The summed E-state index contributed by atoms with van der Waals surface area (Å²) >= 11 is 0. The molecule has 1 aromatic carbocycles. The molecule has 1 aromatic heterocycles. The summed E-state index contributed by atoms with van der Waals surface area (Å²) in [5.74, 6) is -0.396. The van der Waals surface area contributed by atoms with Crippen LogP contribution in [0.5, 0.6) is 0 Å². The molecule has 5 heteroatoms. The van der Waals surface area contributed by atoms with Gasteiger partial charge in [0.25, 0.3) is 0 Å². The standard InChI is InChI=1S/C12H14N4O/c1-16(7-11(14)17)12-8-4-2-3-5-10(8)15-6-9(12)13/h2-6H,7,13H2,1H3,(H2,14,17). The maximum Gasteiger partial charge on any atom is 0.236 e. The number of para-hydroxylation sites is 1. The van der Waals surface area contributed by atoms with Crippen LogP contribution in [-0.2, 0) is 4.79 Å². The molecule has 0 aliphatic rings. The number of aromatic nitrogens is 1. The van der Waals surface area contributed by atoms with Crippen molar-refractivity contribution in [3.8, 4) is 0 Å². The summed E-state index contributed by atoms with van der Waals surface area (Å²) in [6.45, 7) is 0.123. The minimum atomic E-state index is -0.396. The lowest BCUT2D eigenvalue weighted by Crippen LogP contribution is -2.31. The van der Waals surface area contributed by atoms with Gasteiger partial charge in [-0.05, 0) is 6.07 Å². The summed E-state index contributed by atoms with van der Waals surface area (Å²) in [7, 11) is 1.78. The number of rotatable bonds is 3. The fourth-order valence-corrected chi connectivity index (χ4v) is 1.88. The summed E-state index contributed by atoms with van der Waals surface area (Å²) < 4.78 is 0. The van der Waals surface area contributed by atoms with E-state index in [4.69, 9.17) is 11.5 Å². The fourth-order valence-electron chi connectivity index (χ4n) is 1.88. The van der Waals surface area contributed by atoms with Crippen LogP contribution in [0, 0.1) is 0 Å². The van der Waals surface area contributed by atoms with Gasteiger partial charge in [-0.3, -0.25) is 9.78 Å². The molecule has 0 atom stereocenters. The number of benzene rings is 1. The molecule has 2 rings (SSSR count). The zero-order valence-electron chi connectivity index (χ0n) is 9.55. The van der Waals surface area contributed by atoms with Crippen LogP contribution in [-0.4, -0.2) is 24.5 Å². The maximum atomic E-state index is 11.0. The van der Waals surface area contributed by atoms with Gasteiger partial charge < -0.3 is 16.4 Å². The Morgan fingerprint density at radius 3 is 2.82 bits per heavy atom. The summed E-state index contributed by atoms with van der Waals surface area (Å²) in [5.41, 5.74) is 13.3. The van der Waals surface area contributed by atoms with Crippen molar-refractivity contribution in [1.29, 1.82) is 0 Å². The lowest BCUT2D eigenvalue weighted by atomic mass is 10.1. The van der Waals surface area contributed by atoms with Crippen molar-refractivity contribution in [2.75, 3.05) is 24.2 Å². The van der Waals surface area contributed by atoms with Crippen molar-refractivity contribution in [1.82, 2.24) is 4.98 Å². The summed E-state index contributed by atoms with van der Waals surface area (Å²) in [4.78, 5) is 16.9. The van der Waals surface area contributed by atoms with Gasteiger partial charge in [-0.15, -0.1) is 0 Å². The molecule has 0 saturated heterocycles. The molecular weight excluding hydrogens is 216 g/mol. The number of primary amides is 1. The SMILES string of the molecule is CN(CC(N)=O)c1c(N)cnc2ccccc12. The molecule has 0 fully saturated rings. The number of nitrogen functional groups attached to an aromatic ring is 1. The van der Waals surface area contributed by atoms with E-state index in [0.717, 1.165) is 16.6 Å². The minimum Gasteiger partial charge on any atom is -0.396 e. The predicted octanol–water partition coefficient (Wildman–Crippen LogP) is 0.738. The number of fused-ring (bicyclic) bond motifs is 1. The van der Waals surface area contributed by atoms with Crippen molar-refractivity contribution >= 4 is 28.2 Å². The van der Waals surface area contributed by atoms with Gasteiger partial charge in [0.2, 0.25) is 5.91 Å². The van der Waals surface area contributed by atoms with Crippen LogP contribution in [0.4, 0.5) is 11.4 Å². The molecule has 2 aromatic rings. The van der Waals surface area contributed by atoms with Gasteiger partial charge in [-0.1, -0.05) is 18.2 Å². The largest absolute Gasteiger partial charge is 0.396 e. The summed E-state index contributed by atoms with van der Waals surface area (Å²) in [5, 5.41) is 0.913. The van der Waals surface area contributed by atoms with Crippen molar-refractivity contribution in [3.05, 3.63) is 30.5 Å². The van der Waals surface area contributed by atoms with Gasteiger partial charge in [0.15, 0.2) is 0 Å². The first kappa shape index (κ1) is 11.2. The van der Waals surface area contributed by atoms with Crippen molar-refractivity contribution in [2.24, 2.45) is 5.73 Å². The molecule has 5 nitrogen and oxygen atoms in total. The van der Waals surface area contributed by atoms with Gasteiger partial charge in [0.05, 0.1) is 29.6 Å². The lowest BCUT2D eigenvalue weighted by molar-refractivity contribution is -0.116. The first-order chi connectivity index (χ1) is 8.09. The average molecular weight is 230 g/mol. The average Bonchev–Trinajstić information content (AvgIpc) is 2.27. The number of nitrogens with zero attached hydrogens (tertiary/aromatic N) is 2. The number of hydrogen-bond acceptors (Lipinski definition) is 4. The number of anilines is 2. The zero-order chi connectivity index (χ0) is 12.4. The maximum absolute atomic E-state index is 11.0. The Labute approximate surface area is 99.0 Å². The quantitative estimate of drug-likeness (QED) is 0.814. The van der Waals surface area contributed by atoms with Gasteiger partial charge in [0.1, 0.15) is 0 Å². The number of carbonyl (C=O) groups excluding carboxylic acids is 1. The van der Waals surface area contributed by atoms with Crippen LogP contribution >= 0.6 is 0 Å². The van der Waals surface area contributed by atoms with Gasteiger partial charge >= 0.3 is 0 Å². The van der Waals surface area contributed by atoms with E-state index in [1.807, 2.05) is 24.3 Å². The Balaban J connectivity index is 2.58. The topological polar surface area (TPSA) is 85.2 Å². The van der Waals surface area contributed by atoms with Crippen LogP contribution in [0.2, 0.25) is 0 Å². The highest BCUT2D eigenvalue weighted by Gasteiger charge is 2.12. The van der Waals surface area contributed by atoms with Crippen molar-refractivity contribution < 1.29 is 4.79 Å². The Hall–Kier alpha value is -2.30. The molecule has 0 unspecified atom stereocenters. The molecule has 0 bridgehead atoms. The second-order valence-corrected chi connectivity index (χ2v) is 3.90. The highest BCUT2D eigenvalue weighted by atomic mass is 16.1. The second kappa shape index (κ2) is 4.29. The van der Waals surface area contributed by atoms with E-state index in [9.17, 15) is 4.79 Å². The van der Waals surface area contributed by atoms with Gasteiger partial charge in [0, 0.05) is 12.4 Å². The molecule has 0 aliphatic heterocycles. The summed E-state index contributed by atoms with van der Waals surface area (Å²) in [6, 6.07) is 7.64. The zero-order valence-corrected chi connectivity index (χ0v) is 9.55. The molecule has 0 aliphatic carbocycles. The number of carbonyl (C=O) groups is 1. The smallest absolute Gasteiger partial charge is 0.236 e. The molecule has 1 heterocycles. The molecule has 0 radical (unpaired) electrons. The second-order valence-electron chi connectivity index (χ2n) is 3.90. The third kappa shape index (κ3) is 2.13. The first-order valence-corrected chi connectivity index (χ1v) is 5.22. The number of hydrogen-bond donors (Lipinski definition) is 2. The number of pyridine rings is 1. The molecule has 1 amide bonds.